The molecular weight excluding hydrogens is 482 g/mol. The van der Waals surface area contributed by atoms with E-state index >= 15 is 0 Å². The standard InChI is InChI=1S/C21H23N5O4S3/c1-10-15(20(29)30-3)19(33-16(10)17(22)28)23-14(27)9-32-21-25-24-18(26(21)2)12-8-31-13-7-5-4-6-11(12)13/h8H,4-7,9H2,1-3H3,(H2,22,28)(H,23,27). The maximum absolute atomic E-state index is 12.6. The molecule has 0 aromatic carbocycles. The Morgan fingerprint density at radius 3 is 2.76 bits per heavy atom. The fourth-order valence-electron chi connectivity index (χ4n) is 3.83. The SMILES string of the molecule is COC(=O)c1c(NC(=O)CSc2nnc(-c3csc4c3CCCC4)n2C)sc(C(N)=O)c1C. The summed E-state index contributed by atoms with van der Waals surface area (Å²) in [6.45, 7) is 1.59. The summed E-state index contributed by atoms with van der Waals surface area (Å²) in [5.74, 6) is -0.807. The van der Waals surface area contributed by atoms with Gasteiger partial charge >= 0.3 is 5.97 Å². The summed E-state index contributed by atoms with van der Waals surface area (Å²) >= 11 is 3.98. The fourth-order valence-corrected chi connectivity index (χ4v) is 6.73. The van der Waals surface area contributed by atoms with Gasteiger partial charge in [-0.3, -0.25) is 9.59 Å². The second-order valence-electron chi connectivity index (χ2n) is 7.58. The van der Waals surface area contributed by atoms with Gasteiger partial charge in [-0.1, -0.05) is 11.8 Å². The van der Waals surface area contributed by atoms with Gasteiger partial charge in [-0.05, 0) is 43.7 Å². The highest BCUT2D eigenvalue weighted by atomic mass is 32.2. The number of aromatic nitrogens is 3. The number of rotatable bonds is 7. The van der Waals surface area contributed by atoms with Crippen LogP contribution in [0.4, 0.5) is 5.00 Å². The van der Waals surface area contributed by atoms with Crippen molar-refractivity contribution in [2.75, 3.05) is 18.2 Å². The van der Waals surface area contributed by atoms with E-state index in [1.165, 1.54) is 42.2 Å². The predicted molar refractivity (Wildman–Crippen MR) is 129 cm³/mol. The largest absolute Gasteiger partial charge is 0.465 e. The molecule has 3 aromatic heterocycles. The average Bonchev–Trinajstić information content (AvgIpc) is 3.47. The molecule has 1 aliphatic rings. The second-order valence-corrected chi connectivity index (χ2v) is 10.5. The van der Waals surface area contributed by atoms with Gasteiger partial charge in [-0.15, -0.1) is 32.9 Å². The molecule has 0 aliphatic heterocycles. The number of ether oxygens (including phenoxy) is 1. The third-order valence-corrected chi connectivity index (χ3v) is 8.81. The number of methoxy groups -OCH3 is 1. The number of carbonyl (C=O) groups excluding carboxylic acids is 3. The number of thiophene rings is 2. The van der Waals surface area contributed by atoms with Gasteiger partial charge in [0.15, 0.2) is 11.0 Å². The number of anilines is 1. The molecule has 0 unspecified atom stereocenters. The van der Waals surface area contributed by atoms with Gasteiger partial charge in [0, 0.05) is 22.9 Å². The number of carbonyl (C=O) groups is 3. The molecule has 3 N–H and O–H groups in total. The van der Waals surface area contributed by atoms with Crippen LogP contribution in [-0.4, -0.2) is 45.4 Å². The Hall–Kier alpha value is -2.70. The van der Waals surface area contributed by atoms with E-state index in [1.807, 2.05) is 11.6 Å². The number of hydrogen-bond acceptors (Lipinski definition) is 9. The first-order chi connectivity index (χ1) is 15.8. The van der Waals surface area contributed by atoms with E-state index in [2.05, 4.69) is 20.9 Å². The Kier molecular flexibility index (Phi) is 6.86. The molecule has 0 bridgehead atoms. The number of esters is 1. The highest BCUT2D eigenvalue weighted by Gasteiger charge is 2.26. The molecule has 12 heteroatoms. The molecule has 174 valence electrons. The minimum absolute atomic E-state index is 0.0528. The lowest BCUT2D eigenvalue weighted by atomic mass is 9.96. The van der Waals surface area contributed by atoms with E-state index in [0.29, 0.717) is 10.7 Å². The van der Waals surface area contributed by atoms with E-state index < -0.39 is 11.9 Å². The number of nitrogens with zero attached hydrogens (tertiary/aromatic N) is 3. The molecule has 0 fully saturated rings. The summed E-state index contributed by atoms with van der Waals surface area (Å²) in [7, 11) is 3.13. The van der Waals surface area contributed by atoms with Gasteiger partial charge in [0.2, 0.25) is 5.91 Å². The summed E-state index contributed by atoms with van der Waals surface area (Å²) in [4.78, 5) is 38.1. The van der Waals surface area contributed by atoms with E-state index in [0.717, 1.165) is 35.6 Å². The predicted octanol–water partition coefficient (Wildman–Crippen LogP) is 3.41. The normalized spacial score (nSPS) is 12.9. The monoisotopic (exact) mass is 505 g/mol. The maximum Gasteiger partial charge on any atom is 0.341 e. The van der Waals surface area contributed by atoms with Crippen molar-refractivity contribution in [2.45, 2.75) is 37.8 Å². The van der Waals surface area contributed by atoms with Crippen molar-refractivity contribution in [1.82, 2.24) is 14.8 Å². The van der Waals surface area contributed by atoms with Crippen LogP contribution in [0.15, 0.2) is 10.5 Å². The van der Waals surface area contributed by atoms with Crippen molar-refractivity contribution in [3.05, 3.63) is 31.8 Å². The number of nitrogens with two attached hydrogens (primary N) is 1. The van der Waals surface area contributed by atoms with Crippen molar-refractivity contribution in [3.8, 4) is 11.4 Å². The van der Waals surface area contributed by atoms with Crippen LogP contribution in [0.25, 0.3) is 11.4 Å². The van der Waals surface area contributed by atoms with Gasteiger partial charge in [0.05, 0.1) is 23.3 Å². The molecule has 4 rings (SSSR count). The summed E-state index contributed by atoms with van der Waals surface area (Å²) in [6, 6.07) is 0. The average molecular weight is 506 g/mol. The van der Waals surface area contributed by atoms with E-state index in [-0.39, 0.29) is 27.1 Å². The van der Waals surface area contributed by atoms with Crippen LogP contribution in [0, 0.1) is 6.92 Å². The van der Waals surface area contributed by atoms with Crippen LogP contribution in [0.1, 0.15) is 48.9 Å². The highest BCUT2D eigenvalue weighted by molar-refractivity contribution is 7.99. The minimum Gasteiger partial charge on any atom is -0.465 e. The summed E-state index contributed by atoms with van der Waals surface area (Å²) < 4.78 is 6.69. The lowest BCUT2D eigenvalue weighted by molar-refractivity contribution is -0.113. The van der Waals surface area contributed by atoms with Crippen LogP contribution in [0.5, 0.6) is 0 Å². The quantitative estimate of drug-likeness (QED) is 0.372. The van der Waals surface area contributed by atoms with Crippen molar-refractivity contribution in [1.29, 1.82) is 0 Å². The lowest BCUT2D eigenvalue weighted by Gasteiger charge is -2.12. The Morgan fingerprint density at radius 2 is 2.03 bits per heavy atom. The zero-order valence-corrected chi connectivity index (χ0v) is 20.8. The Bertz CT molecular complexity index is 1240. The molecule has 0 radical (unpaired) electrons. The minimum atomic E-state index is -0.667. The molecule has 0 saturated carbocycles. The van der Waals surface area contributed by atoms with Crippen LogP contribution < -0.4 is 11.1 Å². The zero-order chi connectivity index (χ0) is 23.7. The van der Waals surface area contributed by atoms with Gasteiger partial charge in [0.25, 0.3) is 5.91 Å². The first-order valence-electron chi connectivity index (χ1n) is 10.2. The number of aryl methyl sites for hydroxylation is 1. The van der Waals surface area contributed by atoms with Crippen molar-refractivity contribution >= 4 is 57.2 Å². The van der Waals surface area contributed by atoms with Gasteiger partial charge < -0.3 is 20.4 Å². The highest BCUT2D eigenvalue weighted by Crippen LogP contribution is 2.37. The summed E-state index contributed by atoms with van der Waals surface area (Å²) in [6.07, 6.45) is 4.59. The number of thioether (sulfide) groups is 1. The molecule has 2 amide bonds. The maximum atomic E-state index is 12.6. The number of primary amides is 1. The van der Waals surface area contributed by atoms with Crippen LogP contribution in [-0.2, 0) is 29.4 Å². The van der Waals surface area contributed by atoms with Gasteiger partial charge in [-0.25, -0.2) is 4.79 Å². The zero-order valence-electron chi connectivity index (χ0n) is 18.4. The molecule has 0 spiro atoms. The first kappa shape index (κ1) is 23.5. The summed E-state index contributed by atoms with van der Waals surface area (Å²) in [5.41, 5.74) is 8.40. The summed E-state index contributed by atoms with van der Waals surface area (Å²) in [5, 5.41) is 14.3. The fraction of sp³-hybridized carbons (Fsp3) is 0.381. The van der Waals surface area contributed by atoms with Crippen molar-refractivity contribution in [2.24, 2.45) is 12.8 Å². The molecule has 33 heavy (non-hydrogen) atoms. The molecule has 0 saturated heterocycles. The number of nitrogens with one attached hydrogen (secondary N) is 1. The first-order valence-corrected chi connectivity index (χ1v) is 12.9. The van der Waals surface area contributed by atoms with E-state index in [9.17, 15) is 14.4 Å². The van der Waals surface area contributed by atoms with Crippen LogP contribution >= 0.6 is 34.4 Å². The number of fused-ring (bicyclic) bond motifs is 1. The van der Waals surface area contributed by atoms with Crippen LogP contribution in [0.2, 0.25) is 0 Å². The second kappa shape index (κ2) is 9.65. The van der Waals surface area contributed by atoms with Crippen molar-refractivity contribution in [3.63, 3.8) is 0 Å². The third kappa shape index (κ3) is 4.55. The van der Waals surface area contributed by atoms with Gasteiger partial charge in [0.1, 0.15) is 5.00 Å². The molecule has 1 aliphatic carbocycles. The van der Waals surface area contributed by atoms with E-state index in [1.54, 1.807) is 18.3 Å². The molecule has 0 atom stereocenters. The molecular formula is C21H23N5O4S3. The third-order valence-electron chi connectivity index (χ3n) is 5.48. The Morgan fingerprint density at radius 1 is 1.27 bits per heavy atom. The number of amides is 2. The van der Waals surface area contributed by atoms with Crippen molar-refractivity contribution < 1.29 is 19.1 Å². The smallest absolute Gasteiger partial charge is 0.341 e. The lowest BCUT2D eigenvalue weighted by Crippen LogP contribution is -2.16. The van der Waals surface area contributed by atoms with E-state index in [4.69, 9.17) is 10.5 Å². The van der Waals surface area contributed by atoms with Gasteiger partial charge in [-0.2, -0.15) is 0 Å². The topological polar surface area (TPSA) is 129 Å². The molecule has 3 aromatic rings. The molecule has 3 heterocycles. The molecule has 9 nitrogen and oxygen atoms in total. The number of hydrogen-bond donors (Lipinski definition) is 2. The Balaban J connectivity index is 1.48. The Labute approximate surface area is 202 Å². The van der Waals surface area contributed by atoms with Crippen LogP contribution in [0.3, 0.4) is 0 Å².